The number of ether oxygens (including phenoxy) is 1. The molecule has 0 heterocycles. The number of unbranched alkanes of at least 4 members (excludes halogenated alkanes) is 3. The number of hydrogen-bond acceptors (Lipinski definition) is 1. The van der Waals surface area contributed by atoms with Crippen LogP contribution in [0.4, 0.5) is 0 Å². The van der Waals surface area contributed by atoms with Gasteiger partial charge in [-0.3, -0.25) is 0 Å². The van der Waals surface area contributed by atoms with Gasteiger partial charge < -0.3 is 4.74 Å². The molecule has 212 valence electrons. The van der Waals surface area contributed by atoms with Gasteiger partial charge >= 0.3 is 0 Å². The topological polar surface area (TPSA) is 9.23 Å². The third-order valence-electron chi connectivity index (χ3n) is 11.5. The standard InChI is InChI=1S/C36H58OSi/c1-25-24-33-31(30-18-13-12-14-19-30)20-17-21-32(33)34(25)38(9,35-28(4)26(2)27(3)29(35)5)23-16-11-10-15-22-37-36(6,7)8/h12-14,17-21,25-29,32-35H,10-11,15-16,22-24H2,1-9H3. The van der Waals surface area contributed by atoms with Crippen LogP contribution < -0.4 is 0 Å². The molecule has 2 heteroatoms. The molecular formula is C36H58OSi. The van der Waals surface area contributed by atoms with Crippen LogP contribution in [-0.4, -0.2) is 20.3 Å². The molecule has 0 radical (unpaired) electrons. The van der Waals surface area contributed by atoms with Gasteiger partial charge in [0.25, 0.3) is 0 Å². The number of rotatable bonds is 10. The fourth-order valence-electron chi connectivity index (χ4n) is 9.55. The van der Waals surface area contributed by atoms with Crippen LogP contribution in [0.2, 0.25) is 23.7 Å². The fourth-order valence-corrected chi connectivity index (χ4v) is 17.3. The molecule has 4 rings (SSSR count). The summed E-state index contributed by atoms with van der Waals surface area (Å²) >= 11 is 0. The number of benzene rings is 1. The summed E-state index contributed by atoms with van der Waals surface area (Å²) in [5.41, 5.74) is 4.89. The van der Waals surface area contributed by atoms with Crippen LogP contribution >= 0.6 is 0 Å². The van der Waals surface area contributed by atoms with Gasteiger partial charge in [-0.2, -0.15) is 0 Å². The Labute approximate surface area is 236 Å². The minimum Gasteiger partial charge on any atom is -0.376 e. The first-order valence-corrected chi connectivity index (χ1v) is 18.9. The molecule has 38 heavy (non-hydrogen) atoms. The molecule has 3 aliphatic rings. The molecular weight excluding hydrogens is 476 g/mol. The maximum Gasteiger partial charge on any atom is 0.0598 e. The van der Waals surface area contributed by atoms with Crippen molar-refractivity contribution in [3.05, 3.63) is 54.1 Å². The monoisotopic (exact) mass is 534 g/mol. The van der Waals surface area contributed by atoms with E-state index in [-0.39, 0.29) is 5.60 Å². The van der Waals surface area contributed by atoms with E-state index in [0.29, 0.717) is 5.92 Å². The predicted molar refractivity (Wildman–Crippen MR) is 169 cm³/mol. The van der Waals surface area contributed by atoms with Crippen molar-refractivity contribution in [1.82, 2.24) is 0 Å². The Bertz CT molecular complexity index is 943. The molecule has 9 unspecified atom stereocenters. The Morgan fingerprint density at radius 1 is 0.816 bits per heavy atom. The zero-order chi connectivity index (χ0) is 27.7. The predicted octanol–water partition coefficient (Wildman–Crippen LogP) is 10.7. The van der Waals surface area contributed by atoms with Gasteiger partial charge in [0.15, 0.2) is 0 Å². The van der Waals surface area contributed by atoms with Crippen molar-refractivity contribution >= 4 is 13.6 Å². The van der Waals surface area contributed by atoms with E-state index in [9.17, 15) is 0 Å². The van der Waals surface area contributed by atoms with Crippen LogP contribution in [0.15, 0.2) is 48.6 Å². The second kappa shape index (κ2) is 12.2. The van der Waals surface area contributed by atoms with E-state index < -0.39 is 8.07 Å². The first kappa shape index (κ1) is 29.8. The Morgan fingerprint density at radius 2 is 1.45 bits per heavy atom. The summed E-state index contributed by atoms with van der Waals surface area (Å²) in [6.45, 7) is 23.3. The lowest BCUT2D eigenvalue weighted by molar-refractivity contribution is -0.00471. The maximum absolute atomic E-state index is 6.01. The summed E-state index contributed by atoms with van der Waals surface area (Å²) in [5.74, 6) is 5.68. The van der Waals surface area contributed by atoms with Crippen molar-refractivity contribution in [3.8, 4) is 0 Å². The summed E-state index contributed by atoms with van der Waals surface area (Å²) in [5, 5.41) is 0. The molecule has 2 saturated carbocycles. The lowest BCUT2D eigenvalue weighted by Gasteiger charge is -2.48. The molecule has 3 aliphatic carbocycles. The highest BCUT2D eigenvalue weighted by atomic mass is 28.3. The molecule has 2 fully saturated rings. The summed E-state index contributed by atoms with van der Waals surface area (Å²) in [6.07, 6.45) is 14.2. The van der Waals surface area contributed by atoms with Crippen LogP contribution in [0.1, 0.15) is 93.1 Å². The van der Waals surface area contributed by atoms with Gasteiger partial charge in [0.1, 0.15) is 0 Å². The quantitative estimate of drug-likeness (QED) is 0.214. The maximum atomic E-state index is 6.01. The zero-order valence-electron chi connectivity index (χ0n) is 26.2. The molecule has 0 spiro atoms. The SMILES string of the molecule is CC1CC2C(c3ccccc3)=CC=CC2C1[Si](C)(CCCCCCOC(C)(C)C)C1C(C)C(C)C(C)C1C. The minimum atomic E-state index is -1.60. The average molecular weight is 535 g/mol. The van der Waals surface area contributed by atoms with Gasteiger partial charge in [-0.15, -0.1) is 0 Å². The second-order valence-corrected chi connectivity index (χ2v) is 19.7. The van der Waals surface area contributed by atoms with Gasteiger partial charge in [0.05, 0.1) is 13.7 Å². The normalized spacial score (nSPS) is 36.7. The Morgan fingerprint density at radius 3 is 2.08 bits per heavy atom. The lowest BCUT2D eigenvalue weighted by Crippen LogP contribution is -2.48. The van der Waals surface area contributed by atoms with Crippen LogP contribution in [0, 0.1) is 41.4 Å². The van der Waals surface area contributed by atoms with Crippen LogP contribution in [-0.2, 0) is 4.74 Å². The highest BCUT2D eigenvalue weighted by Crippen LogP contribution is 2.65. The Hall–Kier alpha value is -1.12. The molecule has 0 saturated heterocycles. The largest absolute Gasteiger partial charge is 0.376 e. The van der Waals surface area contributed by atoms with Crippen LogP contribution in [0.5, 0.6) is 0 Å². The molecule has 0 aliphatic heterocycles. The number of fused-ring (bicyclic) bond motifs is 1. The Balaban J connectivity index is 1.55. The van der Waals surface area contributed by atoms with Crippen molar-refractivity contribution < 1.29 is 4.74 Å². The molecule has 0 N–H and O–H groups in total. The molecule has 1 nitrogen and oxygen atoms in total. The minimum absolute atomic E-state index is 0.0106. The number of hydrogen-bond donors (Lipinski definition) is 0. The van der Waals surface area contributed by atoms with E-state index in [1.54, 1.807) is 5.57 Å². The molecule has 1 aromatic rings. The summed E-state index contributed by atoms with van der Waals surface area (Å²) < 4.78 is 6.01. The van der Waals surface area contributed by atoms with E-state index in [1.807, 2.05) is 0 Å². The second-order valence-electron chi connectivity index (χ2n) is 14.9. The third kappa shape index (κ3) is 6.12. The van der Waals surface area contributed by atoms with Crippen molar-refractivity contribution in [2.75, 3.05) is 6.61 Å². The number of allylic oxidation sites excluding steroid dienone is 4. The average Bonchev–Trinajstić information content (AvgIpc) is 3.32. The van der Waals surface area contributed by atoms with E-state index >= 15 is 0 Å². The molecule has 0 amide bonds. The van der Waals surface area contributed by atoms with E-state index in [4.69, 9.17) is 4.74 Å². The van der Waals surface area contributed by atoms with Crippen LogP contribution in [0.3, 0.4) is 0 Å². The van der Waals surface area contributed by atoms with Gasteiger partial charge in [-0.05, 0) is 97.3 Å². The van der Waals surface area contributed by atoms with Crippen molar-refractivity contribution in [1.29, 1.82) is 0 Å². The van der Waals surface area contributed by atoms with Gasteiger partial charge in [-0.25, -0.2) is 0 Å². The van der Waals surface area contributed by atoms with Crippen molar-refractivity contribution in [2.45, 2.75) is 117 Å². The highest BCUT2D eigenvalue weighted by Gasteiger charge is 2.59. The lowest BCUT2D eigenvalue weighted by atomic mass is 9.81. The Kier molecular flexibility index (Phi) is 9.56. The third-order valence-corrected chi connectivity index (χ3v) is 18.0. The van der Waals surface area contributed by atoms with Gasteiger partial charge in [-0.1, -0.05) is 115 Å². The summed E-state index contributed by atoms with van der Waals surface area (Å²) in [4.78, 5) is 0. The van der Waals surface area contributed by atoms with E-state index in [2.05, 4.69) is 110 Å². The molecule has 0 aromatic heterocycles. The summed E-state index contributed by atoms with van der Waals surface area (Å²) in [6, 6.07) is 12.8. The van der Waals surface area contributed by atoms with Crippen LogP contribution in [0.25, 0.3) is 5.57 Å². The van der Waals surface area contributed by atoms with Crippen molar-refractivity contribution in [2.24, 2.45) is 41.4 Å². The zero-order valence-corrected chi connectivity index (χ0v) is 27.2. The molecule has 9 atom stereocenters. The van der Waals surface area contributed by atoms with E-state index in [0.717, 1.165) is 53.2 Å². The first-order valence-electron chi connectivity index (χ1n) is 16.0. The smallest absolute Gasteiger partial charge is 0.0598 e. The van der Waals surface area contributed by atoms with E-state index in [1.165, 1.54) is 43.7 Å². The van der Waals surface area contributed by atoms with Gasteiger partial charge in [0, 0.05) is 6.61 Å². The van der Waals surface area contributed by atoms with Crippen molar-refractivity contribution in [3.63, 3.8) is 0 Å². The molecule has 1 aromatic carbocycles. The molecule has 0 bridgehead atoms. The highest BCUT2D eigenvalue weighted by molar-refractivity contribution is 6.81. The van der Waals surface area contributed by atoms with Gasteiger partial charge in [0.2, 0.25) is 0 Å². The summed E-state index contributed by atoms with van der Waals surface area (Å²) in [7, 11) is -1.60. The first-order chi connectivity index (χ1) is 18.0. The fraction of sp³-hybridized carbons (Fsp3) is 0.722.